The lowest BCUT2D eigenvalue weighted by atomic mass is 9.93. The molecular weight excluding hydrogens is 432 g/mol. The fourth-order valence-corrected chi connectivity index (χ4v) is 4.07. The van der Waals surface area contributed by atoms with Gasteiger partial charge in [0, 0.05) is 22.9 Å². The molecule has 1 N–H and O–H groups in total. The fourth-order valence-electron chi connectivity index (χ4n) is 2.82. The van der Waals surface area contributed by atoms with Crippen molar-refractivity contribution in [1.29, 1.82) is 0 Å². The van der Waals surface area contributed by atoms with Crippen molar-refractivity contribution < 1.29 is 24.2 Å². The molecule has 122 valence electrons. The number of carbonyl (C=O) groups is 2. The number of hydrogen-bond acceptors (Lipinski definition) is 5. The van der Waals surface area contributed by atoms with Crippen molar-refractivity contribution in [3.8, 4) is 5.75 Å². The first-order valence-corrected chi connectivity index (χ1v) is 8.85. The zero-order valence-electron chi connectivity index (χ0n) is 12.1. The molecule has 5 nitrogen and oxygen atoms in total. The maximum atomic E-state index is 12.3. The average molecular weight is 446 g/mol. The van der Waals surface area contributed by atoms with Crippen LogP contribution in [0.25, 0.3) is 6.08 Å². The summed E-state index contributed by atoms with van der Waals surface area (Å²) in [6.45, 7) is 0. The highest BCUT2D eigenvalue weighted by Crippen LogP contribution is 2.38. The van der Waals surface area contributed by atoms with Gasteiger partial charge in [-0.05, 0) is 47.0 Å². The van der Waals surface area contributed by atoms with E-state index in [9.17, 15) is 14.7 Å². The zero-order chi connectivity index (χ0) is 16.6. The second-order valence-electron chi connectivity index (χ2n) is 5.63. The van der Waals surface area contributed by atoms with Gasteiger partial charge in [-0.1, -0.05) is 22.4 Å². The molecule has 1 heterocycles. The normalized spacial score (nSPS) is 20.2. The summed E-state index contributed by atoms with van der Waals surface area (Å²) in [7, 11) is 0. The topological polar surface area (TPSA) is 72.8 Å². The number of aromatic hydroxyl groups is 1. The highest BCUT2D eigenvalue weighted by atomic mass is 79.9. The van der Waals surface area contributed by atoms with Crippen LogP contribution in [0, 0.1) is 0 Å². The molecule has 3 rings (SSSR count). The van der Waals surface area contributed by atoms with Crippen LogP contribution in [0.3, 0.4) is 0 Å². The van der Waals surface area contributed by atoms with Gasteiger partial charge in [-0.15, -0.1) is 0 Å². The van der Waals surface area contributed by atoms with E-state index in [1.807, 2.05) is 0 Å². The van der Waals surface area contributed by atoms with E-state index in [4.69, 9.17) is 9.47 Å². The molecule has 0 aromatic heterocycles. The summed E-state index contributed by atoms with van der Waals surface area (Å²) in [4.78, 5) is 24.5. The van der Waals surface area contributed by atoms with Crippen LogP contribution in [-0.2, 0) is 19.1 Å². The number of rotatable bonds is 1. The molecule has 1 spiro atoms. The highest BCUT2D eigenvalue weighted by molar-refractivity contribution is 9.11. The van der Waals surface area contributed by atoms with Gasteiger partial charge in [0.2, 0.25) is 0 Å². The van der Waals surface area contributed by atoms with Crippen LogP contribution in [0.5, 0.6) is 5.75 Å². The zero-order valence-corrected chi connectivity index (χ0v) is 15.3. The summed E-state index contributed by atoms with van der Waals surface area (Å²) in [5.74, 6) is -2.60. The Kier molecular flexibility index (Phi) is 4.51. The van der Waals surface area contributed by atoms with Gasteiger partial charge < -0.3 is 14.6 Å². The van der Waals surface area contributed by atoms with Gasteiger partial charge in [-0.2, -0.15) is 0 Å². The molecule has 1 aliphatic carbocycles. The van der Waals surface area contributed by atoms with Gasteiger partial charge in [-0.25, -0.2) is 9.59 Å². The molecule has 1 aromatic rings. The fraction of sp³-hybridized carbons (Fsp3) is 0.375. The van der Waals surface area contributed by atoms with Crippen LogP contribution in [0.1, 0.15) is 37.7 Å². The molecule has 1 aliphatic heterocycles. The predicted octanol–water partition coefficient (Wildman–Crippen LogP) is 4.06. The van der Waals surface area contributed by atoms with Crippen molar-refractivity contribution in [1.82, 2.24) is 0 Å². The summed E-state index contributed by atoms with van der Waals surface area (Å²) in [5, 5.41) is 10.1. The van der Waals surface area contributed by atoms with E-state index in [1.165, 1.54) is 6.08 Å². The van der Waals surface area contributed by atoms with E-state index in [2.05, 4.69) is 31.9 Å². The molecule has 1 saturated heterocycles. The minimum Gasteiger partial charge on any atom is -0.506 e. The predicted molar refractivity (Wildman–Crippen MR) is 89.5 cm³/mol. The second kappa shape index (κ2) is 6.28. The van der Waals surface area contributed by atoms with Crippen LogP contribution in [0.2, 0.25) is 0 Å². The van der Waals surface area contributed by atoms with Crippen LogP contribution < -0.4 is 0 Å². The molecule has 0 amide bonds. The molecule has 1 saturated carbocycles. The van der Waals surface area contributed by atoms with E-state index >= 15 is 0 Å². The molecule has 0 atom stereocenters. The Balaban J connectivity index is 1.92. The first kappa shape index (κ1) is 16.5. The van der Waals surface area contributed by atoms with Gasteiger partial charge in [0.1, 0.15) is 11.3 Å². The summed E-state index contributed by atoms with van der Waals surface area (Å²) in [6, 6.07) is 3.25. The Bertz CT molecular complexity index is 683. The first-order valence-electron chi connectivity index (χ1n) is 7.27. The minimum atomic E-state index is -1.11. The van der Waals surface area contributed by atoms with E-state index < -0.39 is 17.7 Å². The van der Waals surface area contributed by atoms with Gasteiger partial charge in [-0.3, -0.25) is 0 Å². The molecule has 2 fully saturated rings. The number of ether oxygens (including phenoxy) is 2. The lowest BCUT2D eigenvalue weighted by molar-refractivity contribution is -0.244. The third kappa shape index (κ3) is 3.30. The molecule has 23 heavy (non-hydrogen) atoms. The molecular formula is C16H14Br2O5. The van der Waals surface area contributed by atoms with Gasteiger partial charge in [0.05, 0.1) is 4.47 Å². The number of halogens is 2. The molecule has 0 bridgehead atoms. The minimum absolute atomic E-state index is 0.0701. The smallest absolute Gasteiger partial charge is 0.348 e. The number of esters is 2. The van der Waals surface area contributed by atoms with Crippen molar-refractivity contribution in [3.05, 3.63) is 32.2 Å². The van der Waals surface area contributed by atoms with E-state index in [0.717, 1.165) is 19.3 Å². The Hall–Kier alpha value is -1.34. The molecule has 0 unspecified atom stereocenters. The van der Waals surface area contributed by atoms with Gasteiger partial charge >= 0.3 is 11.9 Å². The van der Waals surface area contributed by atoms with E-state index in [1.54, 1.807) is 12.1 Å². The number of hydrogen-bond donors (Lipinski definition) is 1. The van der Waals surface area contributed by atoms with Crippen molar-refractivity contribution >= 4 is 49.9 Å². The first-order chi connectivity index (χ1) is 10.9. The maximum Gasteiger partial charge on any atom is 0.348 e. The van der Waals surface area contributed by atoms with Crippen LogP contribution in [0.4, 0.5) is 0 Å². The summed E-state index contributed by atoms with van der Waals surface area (Å²) < 4.78 is 12.0. The third-order valence-electron chi connectivity index (χ3n) is 3.97. The molecule has 1 aromatic carbocycles. The van der Waals surface area contributed by atoms with Crippen LogP contribution in [-0.4, -0.2) is 22.8 Å². The Morgan fingerprint density at radius 1 is 1.04 bits per heavy atom. The monoisotopic (exact) mass is 444 g/mol. The lowest BCUT2D eigenvalue weighted by Gasteiger charge is -2.38. The highest BCUT2D eigenvalue weighted by Gasteiger charge is 2.46. The SMILES string of the molecule is O=C1OC2(CCCCC2)OC(=O)C1=Cc1cc(Br)cc(Br)c1O. The van der Waals surface area contributed by atoms with Crippen molar-refractivity contribution in [3.63, 3.8) is 0 Å². The van der Waals surface area contributed by atoms with E-state index in [0.29, 0.717) is 27.4 Å². The van der Waals surface area contributed by atoms with Gasteiger partial charge in [0.25, 0.3) is 5.79 Å². The number of phenolic OH excluding ortho intramolecular Hbond substituents is 1. The Labute approximate surface area is 149 Å². The van der Waals surface area contributed by atoms with Gasteiger partial charge in [0.15, 0.2) is 0 Å². The second-order valence-corrected chi connectivity index (χ2v) is 7.40. The van der Waals surface area contributed by atoms with E-state index in [-0.39, 0.29) is 11.3 Å². The standard InChI is InChI=1S/C16H14Br2O5/c17-10-6-9(13(19)12(18)8-10)7-11-14(20)22-16(23-15(11)21)4-2-1-3-5-16/h6-8,19H,1-5H2. The third-order valence-corrected chi connectivity index (χ3v) is 5.03. The lowest BCUT2D eigenvalue weighted by Crippen LogP contribution is -2.47. The largest absolute Gasteiger partial charge is 0.506 e. The Morgan fingerprint density at radius 3 is 2.26 bits per heavy atom. The van der Waals surface area contributed by atoms with Crippen molar-refractivity contribution in [2.24, 2.45) is 0 Å². The maximum absolute atomic E-state index is 12.3. The summed E-state index contributed by atoms with van der Waals surface area (Å²) >= 11 is 6.50. The summed E-state index contributed by atoms with van der Waals surface area (Å²) in [6.07, 6.45) is 5.11. The van der Waals surface area contributed by atoms with Crippen molar-refractivity contribution in [2.45, 2.75) is 37.9 Å². The quantitative estimate of drug-likeness (QED) is 0.401. The molecule has 7 heteroatoms. The van der Waals surface area contributed by atoms with Crippen LogP contribution >= 0.6 is 31.9 Å². The van der Waals surface area contributed by atoms with Crippen LogP contribution in [0.15, 0.2) is 26.7 Å². The molecule has 2 aliphatic rings. The number of benzene rings is 1. The number of carbonyl (C=O) groups excluding carboxylic acids is 2. The van der Waals surface area contributed by atoms with Crippen molar-refractivity contribution in [2.75, 3.05) is 0 Å². The summed E-state index contributed by atoms with van der Waals surface area (Å²) in [5.41, 5.74) is 0.0937. The average Bonchev–Trinajstić information content (AvgIpc) is 2.48. The number of phenols is 1. The Morgan fingerprint density at radius 2 is 1.65 bits per heavy atom. The molecule has 0 radical (unpaired) electrons.